The van der Waals surface area contributed by atoms with Crippen molar-refractivity contribution in [3.8, 4) is 0 Å². The van der Waals surface area contributed by atoms with Gasteiger partial charge in [-0.15, -0.1) is 0 Å². The van der Waals surface area contributed by atoms with Gasteiger partial charge in [-0.1, -0.05) is 13.3 Å². The van der Waals surface area contributed by atoms with Crippen LogP contribution in [-0.4, -0.2) is 28.5 Å². The fourth-order valence-corrected chi connectivity index (χ4v) is 4.89. The molecule has 3 rings (SSSR count). The van der Waals surface area contributed by atoms with Gasteiger partial charge in [-0.2, -0.15) is 0 Å². The van der Waals surface area contributed by atoms with Gasteiger partial charge in [0.1, 0.15) is 0 Å². The van der Waals surface area contributed by atoms with E-state index >= 15 is 0 Å². The van der Waals surface area contributed by atoms with Crippen molar-refractivity contribution in [2.75, 3.05) is 11.4 Å². The Morgan fingerprint density at radius 1 is 1.16 bits per heavy atom. The number of aromatic nitrogens is 2. The Labute approximate surface area is 185 Å². The summed E-state index contributed by atoms with van der Waals surface area (Å²) in [4.78, 5) is 34.8. The SMILES string of the molecule is CCN(c1cncc(C(=O)NCc2c(C)cc(C)[nH]c2=O)c1C)[C@H]1CC[C@H](CC)CC1. The molecule has 168 valence electrons. The van der Waals surface area contributed by atoms with Crippen LogP contribution in [0.2, 0.25) is 0 Å². The lowest BCUT2D eigenvalue weighted by Crippen LogP contribution is -2.39. The molecule has 0 aromatic carbocycles. The number of hydrogen-bond acceptors (Lipinski definition) is 4. The highest BCUT2D eigenvalue weighted by molar-refractivity contribution is 5.96. The number of aryl methyl sites for hydroxylation is 2. The van der Waals surface area contributed by atoms with Crippen LogP contribution in [0, 0.1) is 26.7 Å². The van der Waals surface area contributed by atoms with Crippen molar-refractivity contribution in [1.29, 1.82) is 0 Å². The van der Waals surface area contributed by atoms with Crippen molar-refractivity contribution in [3.05, 3.63) is 56.8 Å². The van der Waals surface area contributed by atoms with E-state index < -0.39 is 0 Å². The summed E-state index contributed by atoms with van der Waals surface area (Å²) in [5.41, 5.74) is 4.69. The minimum Gasteiger partial charge on any atom is -0.367 e. The molecule has 0 saturated heterocycles. The van der Waals surface area contributed by atoms with E-state index in [1.54, 1.807) is 6.20 Å². The second kappa shape index (κ2) is 10.1. The summed E-state index contributed by atoms with van der Waals surface area (Å²) in [6, 6.07) is 2.42. The minimum atomic E-state index is -0.197. The molecule has 2 aromatic rings. The Morgan fingerprint density at radius 3 is 2.48 bits per heavy atom. The molecule has 0 aliphatic heterocycles. The summed E-state index contributed by atoms with van der Waals surface area (Å²) in [6.07, 6.45) is 9.70. The van der Waals surface area contributed by atoms with Gasteiger partial charge >= 0.3 is 0 Å². The zero-order chi connectivity index (χ0) is 22.5. The molecule has 1 aliphatic rings. The lowest BCUT2D eigenvalue weighted by atomic mass is 9.83. The molecule has 0 atom stereocenters. The van der Waals surface area contributed by atoms with Gasteiger partial charge in [-0.3, -0.25) is 14.6 Å². The van der Waals surface area contributed by atoms with Crippen LogP contribution in [-0.2, 0) is 6.54 Å². The Morgan fingerprint density at radius 2 is 1.87 bits per heavy atom. The number of aromatic amines is 1. The van der Waals surface area contributed by atoms with Gasteiger partial charge in [0.25, 0.3) is 11.5 Å². The number of anilines is 1. The molecule has 2 aromatic heterocycles. The third-order valence-electron chi connectivity index (χ3n) is 6.84. The topological polar surface area (TPSA) is 78.1 Å². The second-order valence-corrected chi connectivity index (χ2v) is 8.83. The minimum absolute atomic E-state index is 0.152. The van der Waals surface area contributed by atoms with E-state index in [1.165, 1.54) is 32.1 Å². The van der Waals surface area contributed by atoms with Crippen LogP contribution < -0.4 is 15.8 Å². The van der Waals surface area contributed by atoms with Crippen LogP contribution in [0.3, 0.4) is 0 Å². The summed E-state index contributed by atoms with van der Waals surface area (Å²) in [5, 5.41) is 2.92. The highest BCUT2D eigenvalue weighted by Gasteiger charge is 2.26. The number of pyridine rings is 2. The molecule has 6 nitrogen and oxygen atoms in total. The third kappa shape index (κ3) is 5.17. The molecule has 1 saturated carbocycles. The standard InChI is InChI=1S/C25H36N4O2/c1-6-19-8-10-20(11-9-19)29(7-2)23-15-26-13-22(18(23)5)24(30)27-14-21-16(3)12-17(4)28-25(21)31/h12-13,15,19-20H,6-11,14H2,1-5H3,(H,27,30)(H,28,31)/t19-,20-. The number of H-pyrrole nitrogens is 1. The Bertz CT molecular complexity index is 974. The van der Waals surface area contributed by atoms with E-state index in [4.69, 9.17) is 0 Å². The molecular formula is C25H36N4O2. The highest BCUT2D eigenvalue weighted by Crippen LogP contribution is 2.33. The molecule has 0 bridgehead atoms. The van der Waals surface area contributed by atoms with E-state index in [9.17, 15) is 9.59 Å². The first-order chi connectivity index (χ1) is 14.8. The molecule has 0 unspecified atom stereocenters. The summed E-state index contributed by atoms with van der Waals surface area (Å²) >= 11 is 0. The van der Waals surface area contributed by atoms with Crippen LogP contribution in [0.5, 0.6) is 0 Å². The smallest absolute Gasteiger partial charge is 0.253 e. The predicted molar refractivity (Wildman–Crippen MR) is 126 cm³/mol. The van der Waals surface area contributed by atoms with Crippen LogP contribution in [0.15, 0.2) is 23.3 Å². The van der Waals surface area contributed by atoms with Crippen molar-refractivity contribution in [3.63, 3.8) is 0 Å². The van der Waals surface area contributed by atoms with Crippen LogP contribution in [0.25, 0.3) is 0 Å². The van der Waals surface area contributed by atoms with Gasteiger partial charge in [-0.25, -0.2) is 0 Å². The number of carbonyl (C=O) groups excluding carboxylic acids is 1. The Kier molecular flexibility index (Phi) is 7.52. The normalized spacial score (nSPS) is 18.6. The molecule has 1 aliphatic carbocycles. The van der Waals surface area contributed by atoms with E-state index in [0.29, 0.717) is 17.2 Å². The van der Waals surface area contributed by atoms with E-state index in [2.05, 4.69) is 34.0 Å². The van der Waals surface area contributed by atoms with Crippen molar-refractivity contribution < 1.29 is 4.79 Å². The van der Waals surface area contributed by atoms with E-state index in [1.807, 2.05) is 33.0 Å². The summed E-state index contributed by atoms with van der Waals surface area (Å²) in [7, 11) is 0. The highest BCUT2D eigenvalue weighted by atomic mass is 16.1. The Balaban J connectivity index is 1.76. The molecular weight excluding hydrogens is 388 g/mol. The summed E-state index contributed by atoms with van der Waals surface area (Å²) < 4.78 is 0. The van der Waals surface area contributed by atoms with Crippen molar-refractivity contribution in [1.82, 2.24) is 15.3 Å². The molecule has 0 spiro atoms. The number of hydrogen-bond donors (Lipinski definition) is 2. The van der Waals surface area contributed by atoms with E-state index in [0.717, 1.165) is 35.0 Å². The molecule has 31 heavy (non-hydrogen) atoms. The first-order valence-corrected chi connectivity index (χ1v) is 11.5. The fourth-order valence-electron chi connectivity index (χ4n) is 4.89. The third-order valence-corrected chi connectivity index (χ3v) is 6.84. The monoisotopic (exact) mass is 424 g/mol. The fraction of sp³-hybridized carbons (Fsp3) is 0.560. The number of amides is 1. The number of rotatable bonds is 7. The molecule has 2 heterocycles. The van der Waals surface area contributed by atoms with Crippen LogP contribution in [0.1, 0.15) is 78.7 Å². The first kappa shape index (κ1) is 23.0. The lowest BCUT2D eigenvalue weighted by molar-refractivity contribution is 0.0949. The summed E-state index contributed by atoms with van der Waals surface area (Å²) in [6.45, 7) is 11.3. The van der Waals surface area contributed by atoms with Gasteiger partial charge < -0.3 is 15.2 Å². The molecule has 1 fully saturated rings. The van der Waals surface area contributed by atoms with Crippen molar-refractivity contribution >= 4 is 11.6 Å². The lowest BCUT2D eigenvalue weighted by Gasteiger charge is -2.38. The predicted octanol–water partition coefficient (Wildman–Crippen LogP) is 4.42. The number of nitrogens with one attached hydrogen (secondary N) is 2. The van der Waals surface area contributed by atoms with Gasteiger partial charge in [0, 0.05) is 36.6 Å². The van der Waals surface area contributed by atoms with E-state index in [-0.39, 0.29) is 18.0 Å². The van der Waals surface area contributed by atoms with Crippen LogP contribution >= 0.6 is 0 Å². The largest absolute Gasteiger partial charge is 0.367 e. The summed E-state index contributed by atoms with van der Waals surface area (Å²) in [5.74, 6) is 0.650. The van der Waals surface area contributed by atoms with Gasteiger partial charge in [0.15, 0.2) is 0 Å². The average molecular weight is 425 g/mol. The number of nitrogens with zero attached hydrogens (tertiary/aromatic N) is 2. The molecule has 2 N–H and O–H groups in total. The second-order valence-electron chi connectivity index (χ2n) is 8.83. The maximum atomic E-state index is 13.0. The molecule has 1 amide bonds. The Hall–Kier alpha value is -2.63. The average Bonchev–Trinajstić information content (AvgIpc) is 2.75. The maximum absolute atomic E-state index is 13.0. The zero-order valence-electron chi connectivity index (χ0n) is 19.5. The first-order valence-electron chi connectivity index (χ1n) is 11.5. The van der Waals surface area contributed by atoms with Gasteiger partial charge in [0.05, 0.1) is 17.4 Å². The molecule has 0 radical (unpaired) electrons. The quantitative estimate of drug-likeness (QED) is 0.690. The van der Waals surface area contributed by atoms with Crippen LogP contribution in [0.4, 0.5) is 5.69 Å². The van der Waals surface area contributed by atoms with Gasteiger partial charge in [-0.05, 0) is 76.5 Å². The maximum Gasteiger partial charge on any atom is 0.253 e. The van der Waals surface area contributed by atoms with Crippen molar-refractivity contribution in [2.24, 2.45) is 5.92 Å². The van der Waals surface area contributed by atoms with Gasteiger partial charge in [0.2, 0.25) is 0 Å². The number of carbonyl (C=O) groups is 1. The zero-order valence-corrected chi connectivity index (χ0v) is 19.5. The molecule has 6 heteroatoms. The van der Waals surface area contributed by atoms with Crippen molar-refractivity contribution in [2.45, 2.75) is 79.3 Å².